The molecular weight excluding hydrogens is 426 g/mol. The standard InChI is InChI=1S/C9H13F3N2OSi.C5H3F3N2O2.CH4/c1-6-13-5-7(9(10,11)12)8(14-6)15-16(2,3)4;6-5(7,8)2-1-9-4(12)10-3(2)11;/h5H,1-4H3;1H,(H2,9,10,11,12);1H4. The van der Waals surface area contributed by atoms with Gasteiger partial charge in [0.1, 0.15) is 17.0 Å². The summed E-state index contributed by atoms with van der Waals surface area (Å²) in [6.45, 7) is 6.91. The average Bonchev–Trinajstić information content (AvgIpc) is 2.43. The number of aromatic amines is 2. The van der Waals surface area contributed by atoms with E-state index in [0.717, 1.165) is 6.20 Å². The lowest BCUT2D eigenvalue weighted by atomic mass is 10.3. The van der Waals surface area contributed by atoms with Crippen LogP contribution in [0.25, 0.3) is 0 Å². The maximum atomic E-state index is 12.6. The second-order valence-corrected chi connectivity index (χ2v) is 10.8. The zero-order valence-corrected chi connectivity index (χ0v) is 16.0. The molecule has 2 aromatic rings. The summed E-state index contributed by atoms with van der Waals surface area (Å²) < 4.78 is 78.7. The number of alkyl halides is 6. The molecule has 2 heterocycles. The first-order chi connectivity index (χ1) is 12.5. The van der Waals surface area contributed by atoms with E-state index in [1.165, 1.54) is 11.9 Å². The van der Waals surface area contributed by atoms with Crippen LogP contribution in [0.5, 0.6) is 5.88 Å². The van der Waals surface area contributed by atoms with E-state index in [2.05, 4.69) is 9.97 Å². The van der Waals surface area contributed by atoms with Gasteiger partial charge in [-0.2, -0.15) is 31.3 Å². The minimum atomic E-state index is -4.74. The number of nitrogens with zero attached hydrogens (tertiary/aromatic N) is 2. The van der Waals surface area contributed by atoms with Gasteiger partial charge in [-0.3, -0.25) is 9.78 Å². The van der Waals surface area contributed by atoms with Crippen molar-refractivity contribution in [1.82, 2.24) is 19.9 Å². The lowest BCUT2D eigenvalue weighted by Crippen LogP contribution is -2.31. The van der Waals surface area contributed by atoms with E-state index in [9.17, 15) is 35.9 Å². The van der Waals surface area contributed by atoms with Crippen molar-refractivity contribution in [3.05, 3.63) is 50.2 Å². The average molecular weight is 446 g/mol. The van der Waals surface area contributed by atoms with E-state index in [4.69, 9.17) is 4.43 Å². The molecule has 0 aliphatic carbocycles. The Bertz CT molecular complexity index is 932. The topological polar surface area (TPSA) is 101 Å². The van der Waals surface area contributed by atoms with Crippen LogP contribution in [0.2, 0.25) is 19.6 Å². The largest absolute Gasteiger partial charge is 0.531 e. The Kier molecular flexibility index (Phi) is 8.39. The molecule has 0 saturated carbocycles. The summed E-state index contributed by atoms with van der Waals surface area (Å²) in [7, 11) is -2.12. The number of H-pyrrole nitrogens is 2. The molecule has 14 heteroatoms. The summed E-state index contributed by atoms with van der Waals surface area (Å²) in [5.74, 6) is -0.0968. The predicted octanol–water partition coefficient (Wildman–Crippen LogP) is 3.74. The van der Waals surface area contributed by atoms with Gasteiger partial charge in [0, 0.05) is 12.4 Å². The van der Waals surface area contributed by atoms with Gasteiger partial charge in [-0.15, -0.1) is 0 Å². The summed E-state index contributed by atoms with van der Waals surface area (Å²) in [4.78, 5) is 31.2. The van der Waals surface area contributed by atoms with Crippen LogP contribution in [-0.2, 0) is 12.4 Å². The van der Waals surface area contributed by atoms with Crippen LogP contribution < -0.4 is 15.7 Å². The number of halogens is 6. The van der Waals surface area contributed by atoms with Gasteiger partial charge >= 0.3 is 18.0 Å². The quantitative estimate of drug-likeness (QED) is 0.541. The summed E-state index contributed by atoms with van der Waals surface area (Å²) in [5, 5.41) is 0. The number of hydrogen-bond acceptors (Lipinski definition) is 5. The smallest absolute Gasteiger partial charge is 0.423 e. The Morgan fingerprint density at radius 1 is 1.00 bits per heavy atom. The first-order valence-corrected chi connectivity index (χ1v) is 10.9. The molecule has 164 valence electrons. The Morgan fingerprint density at radius 2 is 1.52 bits per heavy atom. The molecule has 7 nitrogen and oxygen atoms in total. The van der Waals surface area contributed by atoms with E-state index in [-0.39, 0.29) is 19.1 Å². The highest BCUT2D eigenvalue weighted by atomic mass is 28.4. The van der Waals surface area contributed by atoms with Crippen molar-refractivity contribution < 1.29 is 30.8 Å². The van der Waals surface area contributed by atoms with Crippen molar-refractivity contribution in [3.63, 3.8) is 0 Å². The molecule has 0 aliphatic rings. The van der Waals surface area contributed by atoms with E-state index in [1.54, 1.807) is 24.6 Å². The molecule has 0 amide bonds. The minimum Gasteiger partial charge on any atom is -0.531 e. The third kappa shape index (κ3) is 8.49. The van der Waals surface area contributed by atoms with Crippen molar-refractivity contribution in [2.75, 3.05) is 0 Å². The lowest BCUT2D eigenvalue weighted by Gasteiger charge is -2.21. The van der Waals surface area contributed by atoms with Crippen molar-refractivity contribution in [2.45, 2.75) is 46.3 Å². The van der Waals surface area contributed by atoms with Crippen LogP contribution in [0.15, 0.2) is 22.0 Å². The lowest BCUT2D eigenvalue weighted by molar-refractivity contribution is -0.139. The zero-order chi connectivity index (χ0) is 21.9. The molecule has 0 saturated heterocycles. The highest BCUT2D eigenvalue weighted by Gasteiger charge is 2.37. The van der Waals surface area contributed by atoms with Crippen LogP contribution >= 0.6 is 0 Å². The van der Waals surface area contributed by atoms with Gasteiger partial charge in [0.25, 0.3) is 5.56 Å². The number of aromatic nitrogens is 4. The van der Waals surface area contributed by atoms with Crippen LogP contribution in [0.3, 0.4) is 0 Å². The molecule has 2 rings (SSSR count). The Labute approximate surface area is 162 Å². The third-order valence-corrected chi connectivity index (χ3v) is 3.51. The zero-order valence-electron chi connectivity index (χ0n) is 15.0. The fourth-order valence-corrected chi connectivity index (χ4v) is 2.37. The molecule has 0 fully saturated rings. The van der Waals surface area contributed by atoms with Crippen molar-refractivity contribution in [3.8, 4) is 5.88 Å². The van der Waals surface area contributed by atoms with Crippen LogP contribution in [0.1, 0.15) is 24.4 Å². The maximum absolute atomic E-state index is 12.6. The molecule has 0 spiro atoms. The van der Waals surface area contributed by atoms with Gasteiger partial charge in [-0.1, -0.05) is 7.43 Å². The molecule has 2 aromatic heterocycles. The molecule has 0 atom stereocenters. The van der Waals surface area contributed by atoms with Gasteiger partial charge in [0.15, 0.2) is 0 Å². The Hall–Kier alpha value is -2.64. The predicted molar refractivity (Wildman–Crippen MR) is 95.2 cm³/mol. The van der Waals surface area contributed by atoms with Gasteiger partial charge < -0.3 is 9.41 Å². The van der Waals surface area contributed by atoms with Crippen molar-refractivity contribution in [2.24, 2.45) is 0 Å². The third-order valence-electron chi connectivity index (χ3n) is 2.71. The van der Waals surface area contributed by atoms with Crippen LogP contribution in [0, 0.1) is 6.92 Å². The molecule has 0 aliphatic heterocycles. The van der Waals surface area contributed by atoms with Crippen molar-refractivity contribution >= 4 is 8.32 Å². The van der Waals surface area contributed by atoms with E-state index in [1.807, 2.05) is 0 Å². The van der Waals surface area contributed by atoms with E-state index in [0.29, 0.717) is 6.20 Å². The first-order valence-electron chi connectivity index (χ1n) is 7.50. The van der Waals surface area contributed by atoms with E-state index >= 15 is 0 Å². The number of hydrogen-bond donors (Lipinski definition) is 2. The van der Waals surface area contributed by atoms with Gasteiger partial charge in [-0.05, 0) is 26.6 Å². The van der Waals surface area contributed by atoms with Gasteiger partial charge in [0.05, 0.1) is 0 Å². The summed E-state index contributed by atoms with van der Waals surface area (Å²) >= 11 is 0. The fraction of sp³-hybridized carbons (Fsp3) is 0.467. The van der Waals surface area contributed by atoms with E-state index < -0.39 is 43.0 Å². The van der Waals surface area contributed by atoms with Gasteiger partial charge in [0.2, 0.25) is 14.2 Å². The summed E-state index contributed by atoms with van der Waals surface area (Å²) in [6.07, 6.45) is -8.13. The monoisotopic (exact) mass is 446 g/mol. The van der Waals surface area contributed by atoms with Crippen LogP contribution in [-0.4, -0.2) is 28.3 Å². The molecule has 0 aromatic carbocycles. The highest BCUT2D eigenvalue weighted by molar-refractivity contribution is 6.70. The fourth-order valence-electron chi connectivity index (χ4n) is 1.63. The number of rotatable bonds is 2. The molecule has 0 bridgehead atoms. The number of aryl methyl sites for hydroxylation is 1. The summed E-state index contributed by atoms with van der Waals surface area (Å²) in [6, 6.07) is 0. The summed E-state index contributed by atoms with van der Waals surface area (Å²) in [5.41, 5.74) is -4.73. The normalized spacial score (nSPS) is 11.8. The second kappa shape index (κ2) is 9.24. The Morgan fingerprint density at radius 3 is 1.93 bits per heavy atom. The van der Waals surface area contributed by atoms with Crippen LogP contribution in [0.4, 0.5) is 26.3 Å². The van der Waals surface area contributed by atoms with Gasteiger partial charge in [-0.25, -0.2) is 9.78 Å². The second-order valence-electron chi connectivity index (χ2n) is 6.33. The SMILES string of the molecule is C.Cc1ncc(C(F)(F)F)c(O[Si](C)(C)C)n1.O=c1[nH]cc(C(F)(F)F)c(=O)[nH]1. The molecular formula is C15H20F6N4O3Si. The highest BCUT2D eigenvalue weighted by Crippen LogP contribution is 2.35. The Balaban J connectivity index is 0.000000542. The molecule has 29 heavy (non-hydrogen) atoms. The molecule has 0 radical (unpaired) electrons. The minimum absolute atomic E-state index is 0. The first kappa shape index (κ1) is 26.4. The maximum Gasteiger partial charge on any atom is 0.423 e. The number of nitrogens with one attached hydrogen (secondary N) is 2. The molecule has 2 N–H and O–H groups in total. The molecule has 0 unspecified atom stereocenters. The van der Waals surface area contributed by atoms with Crippen molar-refractivity contribution in [1.29, 1.82) is 0 Å².